The van der Waals surface area contributed by atoms with Gasteiger partial charge in [-0.2, -0.15) is 0 Å². The fraction of sp³-hybridized carbons (Fsp3) is 0.667. The zero-order chi connectivity index (χ0) is 25.3. The van der Waals surface area contributed by atoms with Gasteiger partial charge in [0.15, 0.2) is 25.7 Å². The van der Waals surface area contributed by atoms with Crippen molar-refractivity contribution in [3.63, 3.8) is 0 Å². The van der Waals surface area contributed by atoms with Crippen LogP contribution in [-0.4, -0.2) is 65.0 Å². The quantitative estimate of drug-likeness (QED) is 0.392. The molecule has 0 amide bonds. The molecule has 0 aromatic carbocycles. The van der Waals surface area contributed by atoms with Crippen LogP contribution < -0.4 is 16.6 Å². The van der Waals surface area contributed by atoms with E-state index in [1.165, 1.54) is 0 Å². The summed E-state index contributed by atoms with van der Waals surface area (Å²) >= 11 is 0. The molecule has 3 aliphatic rings. The number of hydrogen-bond donors (Lipinski definition) is 1. The zero-order valence-corrected chi connectivity index (χ0v) is 19.1. The second-order valence-electron chi connectivity index (χ2n) is 8.82. The summed E-state index contributed by atoms with van der Waals surface area (Å²) in [6.45, 7) is 2.82. The van der Waals surface area contributed by atoms with Crippen LogP contribution in [0.3, 0.4) is 0 Å². The van der Waals surface area contributed by atoms with E-state index in [9.17, 15) is 24.0 Å². The van der Waals surface area contributed by atoms with Crippen LogP contribution in [0.25, 0.3) is 0 Å². The zero-order valence-electron chi connectivity index (χ0n) is 19.1. The first kappa shape index (κ1) is 24.9. The lowest BCUT2D eigenvalue weighted by Crippen LogP contribution is -2.44. The number of halogens is 1. The van der Waals surface area contributed by atoms with Gasteiger partial charge < -0.3 is 29.0 Å². The molecule has 1 aromatic heterocycles. The molecule has 0 radical (unpaired) electrons. The highest BCUT2D eigenvalue weighted by Gasteiger charge is 2.65. The van der Waals surface area contributed by atoms with Gasteiger partial charge in [0.2, 0.25) is 6.10 Å². The summed E-state index contributed by atoms with van der Waals surface area (Å²) in [5, 5.41) is 3.11. The van der Waals surface area contributed by atoms with E-state index in [1.807, 2.05) is 0 Å². The van der Waals surface area contributed by atoms with Crippen molar-refractivity contribution in [1.29, 1.82) is 0 Å². The monoisotopic (exact) mass is 499 g/mol. The minimum Gasteiger partial charge on any atom is -0.459 e. The number of aromatic nitrogens is 2. The van der Waals surface area contributed by atoms with Crippen LogP contribution >= 0.6 is 0 Å². The minimum absolute atomic E-state index is 0.354. The van der Waals surface area contributed by atoms with Crippen LogP contribution in [0.1, 0.15) is 32.9 Å². The van der Waals surface area contributed by atoms with Gasteiger partial charge >= 0.3 is 23.8 Å². The van der Waals surface area contributed by atoms with Crippen molar-refractivity contribution in [2.24, 2.45) is 11.8 Å². The maximum atomic E-state index is 15.7. The van der Waals surface area contributed by atoms with E-state index in [0.717, 1.165) is 16.8 Å². The molecule has 0 spiro atoms. The summed E-state index contributed by atoms with van der Waals surface area (Å²) in [7, 11) is 0. The van der Waals surface area contributed by atoms with E-state index in [2.05, 4.69) is 5.32 Å². The van der Waals surface area contributed by atoms with E-state index < -0.39 is 72.9 Å². The molecule has 0 saturated carbocycles. The third kappa shape index (κ3) is 4.93. The Morgan fingerprint density at radius 2 is 1.91 bits per heavy atom. The Hall–Kier alpha value is -3.26. The summed E-state index contributed by atoms with van der Waals surface area (Å²) < 4.78 is 42.5. The maximum Gasteiger partial charge on any atom is 0.509 e. The topological polar surface area (TPSA) is 153 Å². The molecule has 35 heavy (non-hydrogen) atoms. The molecule has 1 aromatic rings. The first-order chi connectivity index (χ1) is 16.6. The predicted molar refractivity (Wildman–Crippen MR) is 112 cm³/mol. The third-order valence-corrected chi connectivity index (χ3v) is 6.04. The van der Waals surface area contributed by atoms with Crippen LogP contribution in [0.15, 0.2) is 21.9 Å². The van der Waals surface area contributed by atoms with E-state index in [4.69, 9.17) is 23.7 Å². The van der Waals surface area contributed by atoms with Crippen molar-refractivity contribution >= 4 is 18.1 Å². The number of fused-ring (bicyclic) bond motifs is 1. The first-order valence-corrected chi connectivity index (χ1v) is 11.2. The van der Waals surface area contributed by atoms with Crippen LogP contribution in [-0.2, 0) is 40.0 Å². The van der Waals surface area contributed by atoms with Gasteiger partial charge in [-0.05, 0) is 25.9 Å². The number of rotatable bonds is 7. The summed E-state index contributed by atoms with van der Waals surface area (Å²) in [6.07, 6.45) is -3.61. The number of piperidine rings is 1. The van der Waals surface area contributed by atoms with Gasteiger partial charge in [0.25, 0.3) is 11.4 Å². The molecular formula is C21H26FN3O10. The van der Waals surface area contributed by atoms with Gasteiger partial charge in [0.05, 0.1) is 11.8 Å². The fourth-order valence-electron chi connectivity index (χ4n) is 4.06. The largest absolute Gasteiger partial charge is 0.509 e. The van der Waals surface area contributed by atoms with Gasteiger partial charge in [0.1, 0.15) is 0 Å². The second kappa shape index (κ2) is 9.77. The van der Waals surface area contributed by atoms with E-state index in [1.54, 1.807) is 13.8 Å². The fourth-order valence-corrected chi connectivity index (χ4v) is 4.06. The van der Waals surface area contributed by atoms with E-state index in [0.29, 0.717) is 30.5 Å². The second-order valence-corrected chi connectivity index (χ2v) is 8.82. The van der Waals surface area contributed by atoms with Crippen LogP contribution in [0.5, 0.6) is 0 Å². The van der Waals surface area contributed by atoms with Crippen molar-refractivity contribution in [2.45, 2.75) is 57.7 Å². The van der Waals surface area contributed by atoms with Crippen molar-refractivity contribution in [1.82, 2.24) is 14.5 Å². The molecule has 3 saturated heterocycles. The molecule has 192 valence electrons. The highest BCUT2D eigenvalue weighted by atomic mass is 19.2. The standard InChI is InChI=1S/C21H26FN3O10/c1-11(2)17(27)31-9-21(22)15-14(33-20(30)34-15)16(35-21)24-8-5-13(26)25(19(24)29)10-32-18(28)12-3-6-23-7-4-12/h5,8,11-12,14-16,23H,3-4,6-7,9-10H2,1-2H3/t14-,15+,16-,21-/m1/s1. The van der Waals surface area contributed by atoms with E-state index >= 15 is 4.39 Å². The van der Waals surface area contributed by atoms with Crippen molar-refractivity contribution < 1.29 is 42.5 Å². The summed E-state index contributed by atoms with van der Waals surface area (Å²) in [5.41, 5.74) is -1.76. The van der Waals surface area contributed by atoms with Crippen molar-refractivity contribution in [2.75, 3.05) is 19.7 Å². The highest BCUT2D eigenvalue weighted by molar-refractivity contribution is 5.72. The Morgan fingerprint density at radius 3 is 2.60 bits per heavy atom. The lowest BCUT2D eigenvalue weighted by atomic mass is 9.99. The smallest absolute Gasteiger partial charge is 0.459 e. The average Bonchev–Trinajstić information content (AvgIpc) is 3.34. The van der Waals surface area contributed by atoms with Crippen molar-refractivity contribution in [3.05, 3.63) is 33.1 Å². The van der Waals surface area contributed by atoms with E-state index in [-0.39, 0.29) is 5.92 Å². The molecular weight excluding hydrogens is 473 g/mol. The molecule has 0 bridgehead atoms. The number of carbonyl (C=O) groups excluding carboxylic acids is 3. The SMILES string of the molecule is CC(C)C(=O)OC[C@@]1(F)O[C@@H](n2ccc(=O)n(COC(=O)C3CCNCC3)c2=O)[C@@H]2OC(=O)O[C@@H]21. The minimum atomic E-state index is -2.81. The maximum absolute atomic E-state index is 15.7. The molecule has 14 heteroatoms. The van der Waals surface area contributed by atoms with Crippen LogP contribution in [0.2, 0.25) is 0 Å². The number of carbonyl (C=O) groups is 3. The number of nitrogens with one attached hydrogen (secondary N) is 1. The molecule has 4 rings (SSSR count). The lowest BCUT2D eigenvalue weighted by Gasteiger charge is -2.24. The Morgan fingerprint density at radius 1 is 1.20 bits per heavy atom. The number of ether oxygens (including phenoxy) is 5. The Bertz CT molecular complexity index is 1110. The molecule has 0 aliphatic carbocycles. The molecule has 1 N–H and O–H groups in total. The Kier molecular flexibility index (Phi) is 6.94. The molecule has 3 fully saturated rings. The van der Waals surface area contributed by atoms with Gasteiger partial charge in [-0.25, -0.2) is 18.5 Å². The van der Waals surface area contributed by atoms with Gasteiger partial charge in [-0.1, -0.05) is 13.8 Å². The average molecular weight is 499 g/mol. The third-order valence-electron chi connectivity index (χ3n) is 6.04. The summed E-state index contributed by atoms with van der Waals surface area (Å²) in [5.74, 6) is -4.97. The van der Waals surface area contributed by atoms with Gasteiger partial charge in [0, 0.05) is 12.3 Å². The highest BCUT2D eigenvalue weighted by Crippen LogP contribution is 2.44. The number of hydrogen-bond acceptors (Lipinski definition) is 11. The predicted octanol–water partition coefficient (Wildman–Crippen LogP) is -0.192. The van der Waals surface area contributed by atoms with Gasteiger partial charge in [-0.3, -0.25) is 19.0 Å². The molecule has 0 unspecified atom stereocenters. The van der Waals surface area contributed by atoms with Gasteiger partial charge in [-0.15, -0.1) is 0 Å². The molecule has 13 nitrogen and oxygen atoms in total. The normalized spacial score (nSPS) is 28.3. The summed E-state index contributed by atoms with van der Waals surface area (Å²) in [6, 6.07) is 0.993. The molecule has 3 aliphatic heterocycles. The number of nitrogens with zero attached hydrogens (tertiary/aromatic N) is 2. The number of esters is 2. The molecule has 4 atom stereocenters. The Balaban J connectivity index is 1.55. The van der Waals surface area contributed by atoms with Crippen LogP contribution in [0.4, 0.5) is 9.18 Å². The summed E-state index contributed by atoms with van der Waals surface area (Å²) in [4.78, 5) is 61.2. The number of alkyl halides is 1. The van der Waals surface area contributed by atoms with Crippen molar-refractivity contribution in [3.8, 4) is 0 Å². The first-order valence-electron chi connectivity index (χ1n) is 11.2. The molecule has 4 heterocycles. The Labute approximate surface area is 198 Å². The van der Waals surface area contributed by atoms with Crippen LogP contribution in [0, 0.1) is 11.8 Å². The lowest BCUT2D eigenvalue weighted by molar-refractivity contribution is -0.220.